The van der Waals surface area contributed by atoms with Crippen molar-refractivity contribution in [1.29, 1.82) is 0 Å². The Balaban J connectivity index is 2.12. The van der Waals surface area contributed by atoms with E-state index in [2.05, 4.69) is 22.3 Å². The molecule has 92 valence electrons. The highest BCUT2D eigenvalue weighted by Crippen LogP contribution is 2.15. The molecule has 0 aliphatic rings. The first-order valence-electron chi connectivity index (χ1n) is 5.89. The summed E-state index contributed by atoms with van der Waals surface area (Å²) in [6.45, 7) is 4.83. The summed E-state index contributed by atoms with van der Waals surface area (Å²) in [7, 11) is 0. The lowest BCUT2D eigenvalue weighted by Gasteiger charge is -2.10. The molecule has 2 rings (SSSR count). The van der Waals surface area contributed by atoms with Gasteiger partial charge in [0.15, 0.2) is 5.82 Å². The van der Waals surface area contributed by atoms with Gasteiger partial charge in [0.2, 0.25) is 0 Å². The van der Waals surface area contributed by atoms with Crippen molar-refractivity contribution in [3.63, 3.8) is 0 Å². The van der Waals surface area contributed by atoms with Gasteiger partial charge in [-0.2, -0.15) is 5.10 Å². The number of hydrogen-bond donors (Lipinski definition) is 1. The van der Waals surface area contributed by atoms with Crippen LogP contribution in [0, 0.1) is 6.92 Å². The number of nitrogens with zero attached hydrogens (tertiary/aromatic N) is 3. The number of halogens is 1. The monoisotopic (exact) mass is 252 g/mol. The molecular weight excluding hydrogens is 236 g/mol. The Morgan fingerprint density at radius 2 is 2.35 bits per heavy atom. The van der Waals surface area contributed by atoms with Crippen LogP contribution in [0.2, 0.25) is 0 Å². The maximum atomic E-state index is 6.17. The molecule has 0 spiro atoms. The first-order valence-corrected chi connectivity index (χ1v) is 6.33. The Hall–Kier alpha value is -1.29. The Bertz CT molecular complexity index is 494. The minimum atomic E-state index is 0.145. The van der Waals surface area contributed by atoms with Crippen LogP contribution in [0.15, 0.2) is 18.5 Å². The van der Waals surface area contributed by atoms with E-state index < -0.39 is 0 Å². The van der Waals surface area contributed by atoms with Gasteiger partial charge in [-0.3, -0.25) is 0 Å². The largest absolute Gasteiger partial charge is 0.367 e. The SMILES string of the molecule is CCCC(Cl)CNc1nccn2nc(C)cc12. The van der Waals surface area contributed by atoms with E-state index in [0.717, 1.165) is 36.4 Å². The third-order valence-electron chi connectivity index (χ3n) is 2.60. The quantitative estimate of drug-likeness (QED) is 0.832. The number of aromatic nitrogens is 3. The van der Waals surface area contributed by atoms with E-state index in [1.54, 1.807) is 6.20 Å². The molecule has 5 heteroatoms. The van der Waals surface area contributed by atoms with Gasteiger partial charge in [0, 0.05) is 18.9 Å². The molecule has 0 aliphatic heterocycles. The lowest BCUT2D eigenvalue weighted by molar-refractivity contribution is 0.750. The van der Waals surface area contributed by atoms with Crippen LogP contribution in [0.4, 0.5) is 5.82 Å². The molecule has 0 radical (unpaired) electrons. The Morgan fingerprint density at radius 3 is 3.12 bits per heavy atom. The number of rotatable bonds is 5. The molecule has 0 amide bonds. The van der Waals surface area contributed by atoms with Gasteiger partial charge in [-0.05, 0) is 19.4 Å². The van der Waals surface area contributed by atoms with Gasteiger partial charge in [-0.1, -0.05) is 13.3 Å². The summed E-state index contributed by atoms with van der Waals surface area (Å²) in [6.07, 6.45) is 5.69. The van der Waals surface area contributed by atoms with Crippen molar-refractivity contribution < 1.29 is 0 Å². The van der Waals surface area contributed by atoms with Crippen molar-refractivity contribution in [2.45, 2.75) is 32.1 Å². The predicted molar refractivity (Wildman–Crippen MR) is 70.8 cm³/mol. The van der Waals surface area contributed by atoms with Crippen molar-refractivity contribution in [3.8, 4) is 0 Å². The second kappa shape index (κ2) is 5.36. The van der Waals surface area contributed by atoms with E-state index in [-0.39, 0.29) is 5.38 Å². The fraction of sp³-hybridized carbons (Fsp3) is 0.500. The van der Waals surface area contributed by atoms with Crippen molar-refractivity contribution >= 4 is 22.9 Å². The number of aryl methyl sites for hydroxylation is 1. The van der Waals surface area contributed by atoms with Gasteiger partial charge in [0.25, 0.3) is 0 Å². The predicted octanol–water partition coefficient (Wildman–Crippen LogP) is 2.86. The van der Waals surface area contributed by atoms with Gasteiger partial charge in [-0.15, -0.1) is 11.6 Å². The molecule has 1 atom stereocenters. The van der Waals surface area contributed by atoms with E-state index >= 15 is 0 Å². The third-order valence-corrected chi connectivity index (χ3v) is 2.98. The van der Waals surface area contributed by atoms with Crippen LogP contribution in [-0.2, 0) is 0 Å². The van der Waals surface area contributed by atoms with E-state index in [4.69, 9.17) is 11.6 Å². The van der Waals surface area contributed by atoms with Crippen molar-refractivity contribution in [2.24, 2.45) is 0 Å². The van der Waals surface area contributed by atoms with Crippen molar-refractivity contribution in [3.05, 3.63) is 24.2 Å². The zero-order valence-electron chi connectivity index (χ0n) is 10.2. The minimum Gasteiger partial charge on any atom is -0.367 e. The number of fused-ring (bicyclic) bond motifs is 1. The Labute approximate surface area is 106 Å². The van der Waals surface area contributed by atoms with E-state index in [9.17, 15) is 0 Å². The average molecular weight is 253 g/mol. The molecule has 0 fully saturated rings. The summed E-state index contributed by atoms with van der Waals surface area (Å²) in [5, 5.41) is 7.77. The first-order chi connectivity index (χ1) is 8.20. The second-order valence-corrected chi connectivity index (χ2v) is 4.78. The highest BCUT2D eigenvalue weighted by molar-refractivity contribution is 6.20. The van der Waals surface area contributed by atoms with Gasteiger partial charge in [-0.25, -0.2) is 9.50 Å². The van der Waals surface area contributed by atoms with Gasteiger partial charge < -0.3 is 5.32 Å². The summed E-state index contributed by atoms with van der Waals surface area (Å²) in [5.74, 6) is 0.842. The molecule has 2 aromatic rings. The van der Waals surface area contributed by atoms with Crippen LogP contribution in [0.5, 0.6) is 0 Å². The van der Waals surface area contributed by atoms with Gasteiger partial charge in [0.05, 0.1) is 11.1 Å². The molecule has 0 aliphatic carbocycles. The molecule has 0 saturated carbocycles. The van der Waals surface area contributed by atoms with Crippen LogP contribution in [0.1, 0.15) is 25.5 Å². The molecule has 17 heavy (non-hydrogen) atoms. The van der Waals surface area contributed by atoms with Gasteiger partial charge in [0.1, 0.15) is 5.52 Å². The fourth-order valence-corrected chi connectivity index (χ4v) is 2.10. The van der Waals surface area contributed by atoms with Crippen LogP contribution in [-0.4, -0.2) is 26.5 Å². The summed E-state index contributed by atoms with van der Waals surface area (Å²) < 4.78 is 1.83. The fourth-order valence-electron chi connectivity index (χ4n) is 1.80. The Morgan fingerprint density at radius 1 is 1.53 bits per heavy atom. The first kappa shape index (κ1) is 12.2. The van der Waals surface area contributed by atoms with E-state index in [0.29, 0.717) is 0 Å². The topological polar surface area (TPSA) is 42.2 Å². The number of hydrogen-bond acceptors (Lipinski definition) is 3. The van der Waals surface area contributed by atoms with Crippen LogP contribution in [0.3, 0.4) is 0 Å². The summed E-state index contributed by atoms with van der Waals surface area (Å²) in [4.78, 5) is 4.32. The summed E-state index contributed by atoms with van der Waals surface area (Å²) in [6, 6.07) is 2.01. The highest BCUT2D eigenvalue weighted by atomic mass is 35.5. The molecule has 0 bridgehead atoms. The minimum absolute atomic E-state index is 0.145. The molecule has 0 aromatic carbocycles. The number of anilines is 1. The maximum Gasteiger partial charge on any atom is 0.152 e. The average Bonchev–Trinajstić information content (AvgIpc) is 2.67. The maximum absolute atomic E-state index is 6.17. The van der Waals surface area contributed by atoms with Crippen LogP contribution < -0.4 is 5.32 Å². The van der Waals surface area contributed by atoms with E-state index in [1.807, 2.05) is 23.7 Å². The molecule has 1 N–H and O–H groups in total. The molecule has 2 aromatic heterocycles. The molecule has 0 saturated heterocycles. The molecule has 4 nitrogen and oxygen atoms in total. The normalized spacial score (nSPS) is 12.9. The van der Waals surface area contributed by atoms with Crippen LogP contribution in [0.25, 0.3) is 5.52 Å². The second-order valence-electron chi connectivity index (χ2n) is 4.16. The summed E-state index contributed by atoms with van der Waals surface area (Å²) in [5.41, 5.74) is 1.97. The van der Waals surface area contributed by atoms with Gasteiger partial charge >= 0.3 is 0 Å². The Kier molecular flexibility index (Phi) is 3.84. The van der Waals surface area contributed by atoms with Crippen molar-refractivity contribution in [2.75, 3.05) is 11.9 Å². The number of alkyl halides is 1. The molecule has 2 heterocycles. The third kappa shape index (κ3) is 2.88. The van der Waals surface area contributed by atoms with Crippen LogP contribution >= 0.6 is 11.6 Å². The van der Waals surface area contributed by atoms with E-state index in [1.165, 1.54) is 0 Å². The zero-order valence-corrected chi connectivity index (χ0v) is 10.9. The highest BCUT2D eigenvalue weighted by Gasteiger charge is 2.07. The molecular formula is C12H17ClN4. The summed E-state index contributed by atoms with van der Waals surface area (Å²) >= 11 is 6.17. The smallest absolute Gasteiger partial charge is 0.152 e. The lowest BCUT2D eigenvalue weighted by atomic mass is 10.2. The number of nitrogens with one attached hydrogen (secondary N) is 1. The standard InChI is InChI=1S/C12H17ClN4/c1-3-4-10(13)8-15-12-11-7-9(2)16-17(11)6-5-14-12/h5-7,10H,3-4,8H2,1-2H3,(H,14,15). The molecule has 1 unspecified atom stereocenters. The van der Waals surface area contributed by atoms with Crippen molar-refractivity contribution in [1.82, 2.24) is 14.6 Å². The zero-order chi connectivity index (χ0) is 12.3. The lowest BCUT2D eigenvalue weighted by Crippen LogP contribution is -2.15.